The number of benzene rings is 1. The maximum Gasteiger partial charge on any atom is 0.0975 e. The molecule has 0 fully saturated rings. The Morgan fingerprint density at radius 2 is 1.55 bits per heavy atom. The van der Waals surface area contributed by atoms with Crippen molar-refractivity contribution in [1.82, 2.24) is 0 Å². The molecule has 0 saturated heterocycles. The highest BCUT2D eigenvalue weighted by Crippen LogP contribution is 2.38. The first-order valence-corrected chi connectivity index (χ1v) is 5.43. The molecule has 0 nitrogen and oxygen atoms in total. The predicted octanol–water partition coefficient (Wildman–Crippen LogP) is 4.78. The van der Waals surface area contributed by atoms with Gasteiger partial charge in [-0.15, -0.1) is 0 Å². The highest BCUT2D eigenvalue weighted by Gasteiger charge is 2.10. The number of alkyl halides is 2. The summed E-state index contributed by atoms with van der Waals surface area (Å²) < 4.78 is 0.0104. The first kappa shape index (κ1) is 9.85. The summed E-state index contributed by atoms with van der Waals surface area (Å²) in [4.78, 5) is 0. The summed E-state index contributed by atoms with van der Waals surface area (Å²) in [5.74, 6) is 0. The van der Waals surface area contributed by atoms with Crippen molar-refractivity contribution in [2.75, 3.05) is 0 Å². The van der Waals surface area contributed by atoms with Crippen LogP contribution in [0, 0.1) is 0 Å². The van der Waals surface area contributed by atoms with Gasteiger partial charge in [-0.05, 0) is 12.1 Å². The van der Waals surface area contributed by atoms with Crippen molar-refractivity contribution in [2.45, 2.75) is 3.74 Å². The normalized spacial score (nSPS) is 10.6. The lowest BCUT2D eigenvalue weighted by Crippen LogP contribution is -1.83. The second-order valence-corrected chi connectivity index (χ2v) is 5.81. The van der Waals surface area contributed by atoms with Crippen molar-refractivity contribution >= 4 is 55.1 Å². The first-order chi connectivity index (χ1) is 5.13. The van der Waals surface area contributed by atoms with Crippen LogP contribution in [0.3, 0.4) is 0 Å². The van der Waals surface area contributed by atoms with Gasteiger partial charge in [0, 0.05) is 15.6 Å². The van der Waals surface area contributed by atoms with Crippen LogP contribution in [0.25, 0.3) is 0 Å². The molecule has 0 amide bonds. The number of rotatable bonds is 1. The van der Waals surface area contributed by atoms with E-state index in [2.05, 4.69) is 31.9 Å². The van der Waals surface area contributed by atoms with Crippen LogP contribution in [0.1, 0.15) is 9.30 Å². The van der Waals surface area contributed by atoms with E-state index < -0.39 is 0 Å². The lowest BCUT2D eigenvalue weighted by atomic mass is 10.2. The van der Waals surface area contributed by atoms with Crippen LogP contribution in [0.15, 0.2) is 18.2 Å². The van der Waals surface area contributed by atoms with Crippen molar-refractivity contribution in [3.63, 3.8) is 0 Å². The Morgan fingerprint density at radius 3 is 1.82 bits per heavy atom. The monoisotopic (exact) mass is 316 g/mol. The zero-order valence-electron chi connectivity index (χ0n) is 5.32. The molecule has 0 radical (unpaired) electrons. The van der Waals surface area contributed by atoms with Gasteiger partial charge in [-0.3, -0.25) is 0 Å². The maximum absolute atomic E-state index is 5.88. The molecule has 0 saturated carbocycles. The summed E-state index contributed by atoms with van der Waals surface area (Å²) in [7, 11) is 0. The second-order valence-electron chi connectivity index (χ2n) is 1.94. The summed E-state index contributed by atoms with van der Waals surface area (Å²) >= 11 is 18.4. The molecule has 0 N–H and O–H groups in total. The molecular formula is C7H4Br2Cl2. The van der Waals surface area contributed by atoms with Crippen molar-refractivity contribution in [2.24, 2.45) is 0 Å². The van der Waals surface area contributed by atoms with Crippen LogP contribution < -0.4 is 0 Å². The molecule has 0 heterocycles. The van der Waals surface area contributed by atoms with E-state index in [1.807, 2.05) is 6.07 Å². The minimum absolute atomic E-state index is 0.0104. The molecule has 0 aromatic heterocycles. The minimum atomic E-state index is 0.0104. The fraction of sp³-hybridized carbons (Fsp3) is 0.143. The summed E-state index contributed by atoms with van der Waals surface area (Å²) in [6.45, 7) is 0. The van der Waals surface area contributed by atoms with Gasteiger partial charge in [-0.1, -0.05) is 61.1 Å². The molecular weight excluding hydrogens is 315 g/mol. The molecule has 4 heteroatoms. The average molecular weight is 319 g/mol. The molecule has 0 spiro atoms. The number of hydrogen-bond donors (Lipinski definition) is 0. The van der Waals surface area contributed by atoms with Gasteiger partial charge in [-0.25, -0.2) is 0 Å². The fourth-order valence-corrected chi connectivity index (χ4v) is 2.85. The lowest BCUT2D eigenvalue weighted by Gasteiger charge is -2.06. The summed E-state index contributed by atoms with van der Waals surface area (Å²) in [6, 6.07) is 5.42. The van der Waals surface area contributed by atoms with Crippen LogP contribution in [0.4, 0.5) is 0 Å². The Labute approximate surface area is 92.1 Å². The van der Waals surface area contributed by atoms with Crippen LogP contribution >= 0.6 is 55.1 Å². The second kappa shape index (κ2) is 4.13. The van der Waals surface area contributed by atoms with Gasteiger partial charge in [0.25, 0.3) is 0 Å². The van der Waals surface area contributed by atoms with E-state index in [-0.39, 0.29) is 3.74 Å². The third kappa shape index (κ3) is 2.35. The third-order valence-corrected chi connectivity index (χ3v) is 2.79. The standard InChI is InChI=1S/C7H4Br2Cl2/c8-7(9)6-4(10)2-1-3-5(6)11/h1-3,7H. The largest absolute Gasteiger partial charge is 0.0975 e. The summed E-state index contributed by atoms with van der Waals surface area (Å²) in [5.41, 5.74) is 0.871. The molecule has 0 aliphatic heterocycles. The van der Waals surface area contributed by atoms with Crippen molar-refractivity contribution in [3.05, 3.63) is 33.8 Å². The summed E-state index contributed by atoms with van der Waals surface area (Å²) in [6.07, 6.45) is 0. The van der Waals surface area contributed by atoms with Gasteiger partial charge in [0.05, 0.1) is 3.74 Å². The van der Waals surface area contributed by atoms with Crippen LogP contribution in [0.2, 0.25) is 10.0 Å². The number of hydrogen-bond acceptors (Lipinski definition) is 0. The molecule has 0 aliphatic rings. The van der Waals surface area contributed by atoms with Crippen molar-refractivity contribution in [1.29, 1.82) is 0 Å². The molecule has 1 aromatic rings. The zero-order chi connectivity index (χ0) is 8.43. The molecule has 0 aliphatic carbocycles. The van der Waals surface area contributed by atoms with Gasteiger partial charge in [0.2, 0.25) is 0 Å². The topological polar surface area (TPSA) is 0 Å². The van der Waals surface area contributed by atoms with E-state index in [0.717, 1.165) is 5.56 Å². The molecule has 60 valence electrons. The SMILES string of the molecule is Clc1cccc(Cl)c1C(Br)Br. The van der Waals surface area contributed by atoms with Gasteiger partial charge < -0.3 is 0 Å². The fourth-order valence-electron chi connectivity index (χ4n) is 0.719. The van der Waals surface area contributed by atoms with Crippen LogP contribution in [-0.4, -0.2) is 0 Å². The van der Waals surface area contributed by atoms with Gasteiger partial charge >= 0.3 is 0 Å². The van der Waals surface area contributed by atoms with Crippen LogP contribution in [0.5, 0.6) is 0 Å². The van der Waals surface area contributed by atoms with E-state index in [4.69, 9.17) is 23.2 Å². The van der Waals surface area contributed by atoms with Crippen molar-refractivity contribution in [3.8, 4) is 0 Å². The Balaban J connectivity index is 3.21. The van der Waals surface area contributed by atoms with Crippen molar-refractivity contribution < 1.29 is 0 Å². The quantitative estimate of drug-likeness (QED) is 0.654. The first-order valence-electron chi connectivity index (χ1n) is 2.85. The molecule has 1 rings (SSSR count). The van der Waals surface area contributed by atoms with E-state index in [0.29, 0.717) is 10.0 Å². The Kier molecular flexibility index (Phi) is 3.69. The Morgan fingerprint density at radius 1 is 1.09 bits per heavy atom. The third-order valence-electron chi connectivity index (χ3n) is 1.22. The predicted molar refractivity (Wildman–Crippen MR) is 57.1 cm³/mol. The highest BCUT2D eigenvalue weighted by atomic mass is 79.9. The smallest absolute Gasteiger partial charge is 0.0839 e. The van der Waals surface area contributed by atoms with Gasteiger partial charge in [0.15, 0.2) is 0 Å². The molecule has 11 heavy (non-hydrogen) atoms. The molecule has 1 aromatic carbocycles. The van der Waals surface area contributed by atoms with E-state index in [1.165, 1.54) is 0 Å². The molecule has 0 atom stereocenters. The van der Waals surface area contributed by atoms with Gasteiger partial charge in [-0.2, -0.15) is 0 Å². The Hall–Kier alpha value is 0.760. The molecule has 0 unspecified atom stereocenters. The maximum atomic E-state index is 5.88. The van der Waals surface area contributed by atoms with Crippen LogP contribution in [-0.2, 0) is 0 Å². The number of halogens is 4. The van der Waals surface area contributed by atoms with E-state index in [9.17, 15) is 0 Å². The van der Waals surface area contributed by atoms with E-state index in [1.54, 1.807) is 12.1 Å². The zero-order valence-corrected chi connectivity index (χ0v) is 10.0. The Bertz CT molecular complexity index is 240. The van der Waals surface area contributed by atoms with Gasteiger partial charge in [0.1, 0.15) is 0 Å². The summed E-state index contributed by atoms with van der Waals surface area (Å²) in [5, 5.41) is 1.33. The van der Waals surface area contributed by atoms with E-state index >= 15 is 0 Å². The minimum Gasteiger partial charge on any atom is -0.0839 e. The molecule has 0 bridgehead atoms. The lowest BCUT2D eigenvalue weighted by molar-refractivity contribution is 1.42. The highest BCUT2D eigenvalue weighted by molar-refractivity contribution is 9.24. The average Bonchev–Trinajstić information content (AvgIpc) is 1.85.